The highest BCUT2D eigenvalue weighted by molar-refractivity contribution is 5.98. The fourth-order valence-corrected chi connectivity index (χ4v) is 3.89. The molecule has 4 rings (SSSR count). The van der Waals surface area contributed by atoms with Crippen LogP contribution in [0.15, 0.2) is 24.3 Å². The summed E-state index contributed by atoms with van der Waals surface area (Å²) >= 11 is 0. The van der Waals surface area contributed by atoms with Gasteiger partial charge in [0.2, 0.25) is 5.91 Å². The standard InChI is InChI=1S/C20H26N4O2/c1-15-4-5-16-13-18(21-17(16)12-15)20(26)24-10-8-22(9-11-24)14-19(25)23-6-2-3-7-23/h4-5,12-13,21H,2-3,6-11,14H2,1H3. The summed E-state index contributed by atoms with van der Waals surface area (Å²) in [4.78, 5) is 34.3. The number of H-pyrrole nitrogens is 1. The molecule has 0 atom stereocenters. The lowest BCUT2D eigenvalue weighted by Crippen LogP contribution is -2.51. The molecule has 26 heavy (non-hydrogen) atoms. The number of fused-ring (bicyclic) bond motifs is 1. The predicted octanol–water partition coefficient (Wildman–Crippen LogP) is 1.86. The highest BCUT2D eigenvalue weighted by atomic mass is 16.2. The number of nitrogens with one attached hydrogen (secondary N) is 1. The number of piperazine rings is 1. The molecule has 2 fully saturated rings. The van der Waals surface area contributed by atoms with Crippen LogP contribution in [-0.4, -0.2) is 77.3 Å². The minimum Gasteiger partial charge on any atom is -0.351 e. The summed E-state index contributed by atoms with van der Waals surface area (Å²) in [6.07, 6.45) is 2.25. The fourth-order valence-electron chi connectivity index (χ4n) is 3.89. The number of amides is 2. The molecule has 6 heteroatoms. The van der Waals surface area contributed by atoms with Crippen LogP contribution in [0.4, 0.5) is 0 Å². The van der Waals surface area contributed by atoms with E-state index < -0.39 is 0 Å². The Bertz CT molecular complexity index is 814. The Morgan fingerprint density at radius 1 is 0.962 bits per heavy atom. The summed E-state index contributed by atoms with van der Waals surface area (Å²) < 4.78 is 0. The number of hydrogen-bond donors (Lipinski definition) is 1. The van der Waals surface area contributed by atoms with E-state index in [4.69, 9.17) is 0 Å². The first-order chi connectivity index (χ1) is 12.6. The number of rotatable bonds is 3. The summed E-state index contributed by atoms with van der Waals surface area (Å²) in [6.45, 7) is 7.17. The number of benzene rings is 1. The zero-order valence-corrected chi connectivity index (χ0v) is 15.3. The molecule has 2 amide bonds. The summed E-state index contributed by atoms with van der Waals surface area (Å²) in [7, 11) is 0. The van der Waals surface area contributed by atoms with Crippen molar-refractivity contribution in [2.45, 2.75) is 19.8 Å². The zero-order valence-electron chi connectivity index (χ0n) is 15.3. The summed E-state index contributed by atoms with van der Waals surface area (Å²) in [5, 5.41) is 1.06. The van der Waals surface area contributed by atoms with Gasteiger partial charge >= 0.3 is 0 Å². The van der Waals surface area contributed by atoms with E-state index in [1.807, 2.05) is 28.9 Å². The van der Waals surface area contributed by atoms with E-state index in [-0.39, 0.29) is 11.8 Å². The SMILES string of the molecule is Cc1ccc2cc(C(=O)N3CCN(CC(=O)N4CCCC4)CC3)[nH]c2c1. The predicted molar refractivity (Wildman–Crippen MR) is 101 cm³/mol. The molecule has 2 aliphatic rings. The van der Waals surface area contributed by atoms with Gasteiger partial charge in [-0.2, -0.15) is 0 Å². The lowest BCUT2D eigenvalue weighted by atomic mass is 10.2. The monoisotopic (exact) mass is 354 g/mol. The van der Waals surface area contributed by atoms with Gasteiger partial charge in [-0.25, -0.2) is 0 Å². The Kier molecular flexibility index (Phi) is 4.68. The number of nitrogens with zero attached hydrogens (tertiary/aromatic N) is 3. The molecule has 0 unspecified atom stereocenters. The van der Waals surface area contributed by atoms with Crippen molar-refractivity contribution >= 4 is 22.7 Å². The number of aromatic nitrogens is 1. The molecule has 1 aromatic heterocycles. The van der Waals surface area contributed by atoms with Crippen LogP contribution >= 0.6 is 0 Å². The summed E-state index contributed by atoms with van der Waals surface area (Å²) in [5.41, 5.74) is 2.82. The molecule has 0 radical (unpaired) electrons. The minimum atomic E-state index is 0.0457. The van der Waals surface area contributed by atoms with Crippen LogP contribution in [0, 0.1) is 6.92 Å². The average Bonchev–Trinajstić information content (AvgIpc) is 3.31. The van der Waals surface area contributed by atoms with Gasteiger partial charge in [0.05, 0.1) is 6.54 Å². The molecule has 0 aliphatic carbocycles. The Hall–Kier alpha value is -2.34. The largest absolute Gasteiger partial charge is 0.351 e. The average molecular weight is 354 g/mol. The van der Waals surface area contributed by atoms with Crippen molar-refractivity contribution < 1.29 is 9.59 Å². The minimum absolute atomic E-state index is 0.0457. The third-order valence-corrected chi connectivity index (χ3v) is 5.49. The smallest absolute Gasteiger partial charge is 0.270 e. The van der Waals surface area contributed by atoms with Crippen LogP contribution in [0.1, 0.15) is 28.9 Å². The maximum atomic E-state index is 12.8. The van der Waals surface area contributed by atoms with E-state index in [0.717, 1.165) is 49.9 Å². The lowest BCUT2D eigenvalue weighted by molar-refractivity contribution is -0.131. The maximum Gasteiger partial charge on any atom is 0.270 e. The van der Waals surface area contributed by atoms with Crippen LogP contribution in [0.2, 0.25) is 0 Å². The third kappa shape index (κ3) is 3.46. The molecule has 1 N–H and O–H groups in total. The first kappa shape index (κ1) is 17.1. The first-order valence-electron chi connectivity index (χ1n) is 9.49. The molecule has 0 spiro atoms. The molecule has 2 aliphatic heterocycles. The molecule has 0 bridgehead atoms. The van der Waals surface area contributed by atoms with E-state index in [9.17, 15) is 9.59 Å². The topological polar surface area (TPSA) is 59.7 Å². The van der Waals surface area contributed by atoms with Crippen LogP contribution < -0.4 is 0 Å². The van der Waals surface area contributed by atoms with Crippen molar-refractivity contribution in [3.63, 3.8) is 0 Å². The number of aryl methyl sites for hydroxylation is 1. The maximum absolute atomic E-state index is 12.8. The molecule has 0 saturated carbocycles. The number of carbonyl (C=O) groups is 2. The van der Waals surface area contributed by atoms with Crippen LogP contribution in [0.3, 0.4) is 0 Å². The van der Waals surface area contributed by atoms with E-state index in [1.54, 1.807) is 0 Å². The van der Waals surface area contributed by atoms with E-state index in [2.05, 4.69) is 22.0 Å². The molecule has 3 heterocycles. The number of aromatic amines is 1. The fraction of sp³-hybridized carbons (Fsp3) is 0.500. The Morgan fingerprint density at radius 2 is 1.69 bits per heavy atom. The zero-order chi connectivity index (χ0) is 18.1. The second kappa shape index (κ2) is 7.11. The van der Waals surface area contributed by atoms with Crippen molar-refractivity contribution in [1.82, 2.24) is 19.7 Å². The highest BCUT2D eigenvalue weighted by Gasteiger charge is 2.26. The number of likely N-dealkylation sites (tertiary alicyclic amines) is 1. The van der Waals surface area contributed by atoms with Gasteiger partial charge in [0, 0.05) is 50.2 Å². The Morgan fingerprint density at radius 3 is 2.42 bits per heavy atom. The van der Waals surface area contributed by atoms with Gasteiger partial charge in [0.15, 0.2) is 0 Å². The lowest BCUT2D eigenvalue weighted by Gasteiger charge is -2.34. The van der Waals surface area contributed by atoms with Gasteiger partial charge in [0.1, 0.15) is 5.69 Å². The summed E-state index contributed by atoms with van der Waals surface area (Å²) in [6, 6.07) is 8.09. The molecule has 1 aromatic carbocycles. The van der Waals surface area contributed by atoms with Crippen LogP contribution in [-0.2, 0) is 4.79 Å². The van der Waals surface area contributed by atoms with Crippen LogP contribution in [0.5, 0.6) is 0 Å². The van der Waals surface area contributed by atoms with Gasteiger partial charge in [-0.3, -0.25) is 14.5 Å². The second-order valence-corrected chi connectivity index (χ2v) is 7.43. The first-order valence-corrected chi connectivity index (χ1v) is 9.49. The highest BCUT2D eigenvalue weighted by Crippen LogP contribution is 2.18. The summed E-state index contributed by atoms with van der Waals surface area (Å²) in [5.74, 6) is 0.276. The van der Waals surface area contributed by atoms with Crippen molar-refractivity contribution in [2.75, 3.05) is 45.8 Å². The van der Waals surface area contributed by atoms with E-state index in [1.165, 1.54) is 5.56 Å². The van der Waals surface area contributed by atoms with Crippen molar-refractivity contribution in [3.05, 3.63) is 35.5 Å². The molecule has 6 nitrogen and oxygen atoms in total. The van der Waals surface area contributed by atoms with Gasteiger partial charge in [0.25, 0.3) is 5.91 Å². The molecule has 2 aromatic rings. The van der Waals surface area contributed by atoms with Gasteiger partial charge in [-0.05, 0) is 37.5 Å². The number of hydrogen-bond acceptors (Lipinski definition) is 3. The van der Waals surface area contributed by atoms with E-state index in [0.29, 0.717) is 25.3 Å². The van der Waals surface area contributed by atoms with Crippen molar-refractivity contribution in [1.29, 1.82) is 0 Å². The molecule has 138 valence electrons. The third-order valence-electron chi connectivity index (χ3n) is 5.49. The Labute approximate surface area is 153 Å². The van der Waals surface area contributed by atoms with Crippen molar-refractivity contribution in [2.24, 2.45) is 0 Å². The Balaban J connectivity index is 1.34. The van der Waals surface area contributed by atoms with Gasteiger partial charge in [-0.15, -0.1) is 0 Å². The van der Waals surface area contributed by atoms with Gasteiger partial charge < -0.3 is 14.8 Å². The van der Waals surface area contributed by atoms with Crippen molar-refractivity contribution in [3.8, 4) is 0 Å². The quantitative estimate of drug-likeness (QED) is 0.915. The normalized spacial score (nSPS) is 18.7. The molecular formula is C20H26N4O2. The second-order valence-electron chi connectivity index (χ2n) is 7.43. The van der Waals surface area contributed by atoms with E-state index >= 15 is 0 Å². The molecule has 2 saturated heterocycles. The number of carbonyl (C=O) groups excluding carboxylic acids is 2. The molecular weight excluding hydrogens is 328 g/mol. The van der Waals surface area contributed by atoms with Gasteiger partial charge in [-0.1, -0.05) is 12.1 Å². The van der Waals surface area contributed by atoms with Crippen LogP contribution in [0.25, 0.3) is 10.9 Å².